The molecule has 2 N–H and O–H groups in total. The molecule has 0 saturated carbocycles. The number of aromatic amines is 2. The maximum absolute atomic E-state index is 11.5. The van der Waals surface area contributed by atoms with E-state index in [9.17, 15) is 9.59 Å². The second-order valence-electron chi connectivity index (χ2n) is 4.68. The lowest BCUT2D eigenvalue weighted by Crippen LogP contribution is -2.26. The summed E-state index contributed by atoms with van der Waals surface area (Å²) in [6.07, 6.45) is 0.563. The lowest BCUT2D eigenvalue weighted by atomic mass is 10.0. The first-order valence-electron chi connectivity index (χ1n) is 5.85. The molecule has 0 atom stereocenters. The molecule has 0 aliphatic carbocycles. The van der Waals surface area contributed by atoms with Gasteiger partial charge in [0.15, 0.2) is 0 Å². The minimum atomic E-state index is -0.454. The highest BCUT2D eigenvalue weighted by atomic mass is 16.2. The van der Waals surface area contributed by atoms with E-state index in [-0.39, 0.29) is 5.56 Å². The highest BCUT2D eigenvalue weighted by Crippen LogP contribution is 2.12. The summed E-state index contributed by atoms with van der Waals surface area (Å²) in [6, 6.07) is 6.22. The summed E-state index contributed by atoms with van der Waals surface area (Å²) in [4.78, 5) is 27.7. The van der Waals surface area contributed by atoms with Gasteiger partial charge in [0.1, 0.15) is 0 Å². The van der Waals surface area contributed by atoms with Gasteiger partial charge in [0.2, 0.25) is 0 Å². The zero-order chi connectivity index (χ0) is 13.3. The quantitative estimate of drug-likeness (QED) is 0.842. The van der Waals surface area contributed by atoms with Crippen molar-refractivity contribution in [1.82, 2.24) is 9.97 Å². The summed E-state index contributed by atoms with van der Waals surface area (Å²) in [6.45, 7) is 5.78. The predicted molar refractivity (Wildman–Crippen MR) is 71.1 cm³/mol. The van der Waals surface area contributed by atoms with Gasteiger partial charge >= 0.3 is 5.69 Å². The normalized spacial score (nSPS) is 10.6. The highest BCUT2D eigenvalue weighted by molar-refractivity contribution is 5.32. The lowest BCUT2D eigenvalue weighted by molar-refractivity contribution is 0.923. The summed E-state index contributed by atoms with van der Waals surface area (Å²) in [5.41, 5.74) is 3.91. The second kappa shape index (κ2) is 4.64. The van der Waals surface area contributed by atoms with Gasteiger partial charge in [-0.05, 0) is 26.3 Å². The average molecular weight is 244 g/mol. The minimum Gasteiger partial charge on any atom is -0.311 e. The Morgan fingerprint density at radius 1 is 0.944 bits per heavy atom. The smallest absolute Gasteiger partial charge is 0.311 e. The van der Waals surface area contributed by atoms with Crippen molar-refractivity contribution in [3.8, 4) is 0 Å². The maximum Gasteiger partial charge on any atom is 0.325 e. The Labute approximate surface area is 105 Å². The van der Waals surface area contributed by atoms with Crippen LogP contribution < -0.4 is 11.2 Å². The number of rotatable bonds is 2. The van der Waals surface area contributed by atoms with Crippen LogP contribution in [0.25, 0.3) is 0 Å². The molecule has 2 rings (SSSR count). The number of aryl methyl sites for hydroxylation is 2. The first kappa shape index (κ1) is 12.4. The van der Waals surface area contributed by atoms with Crippen molar-refractivity contribution in [3.63, 3.8) is 0 Å². The van der Waals surface area contributed by atoms with Crippen molar-refractivity contribution >= 4 is 0 Å². The van der Waals surface area contributed by atoms with Crippen LogP contribution in [-0.4, -0.2) is 9.97 Å². The Balaban J connectivity index is 2.46. The Bertz CT molecular complexity index is 675. The molecule has 18 heavy (non-hydrogen) atoms. The summed E-state index contributed by atoms with van der Waals surface area (Å²) in [7, 11) is 0. The van der Waals surface area contributed by atoms with Crippen LogP contribution in [0.15, 0.2) is 27.8 Å². The van der Waals surface area contributed by atoms with E-state index >= 15 is 0 Å². The molecular formula is C14H16N2O2. The van der Waals surface area contributed by atoms with Crippen LogP contribution in [0.1, 0.15) is 27.9 Å². The summed E-state index contributed by atoms with van der Waals surface area (Å²) in [5, 5.41) is 0. The van der Waals surface area contributed by atoms with E-state index in [4.69, 9.17) is 0 Å². The van der Waals surface area contributed by atoms with Gasteiger partial charge in [0.25, 0.3) is 5.56 Å². The summed E-state index contributed by atoms with van der Waals surface area (Å²) in [5.74, 6) is 0. The third-order valence-corrected chi connectivity index (χ3v) is 2.95. The summed E-state index contributed by atoms with van der Waals surface area (Å²) >= 11 is 0. The molecule has 1 heterocycles. The van der Waals surface area contributed by atoms with Gasteiger partial charge in [-0.1, -0.05) is 29.3 Å². The van der Waals surface area contributed by atoms with Crippen molar-refractivity contribution in [2.24, 2.45) is 0 Å². The zero-order valence-electron chi connectivity index (χ0n) is 10.8. The maximum atomic E-state index is 11.5. The fraction of sp³-hybridized carbons (Fsp3) is 0.286. The van der Waals surface area contributed by atoms with Crippen molar-refractivity contribution < 1.29 is 0 Å². The fourth-order valence-corrected chi connectivity index (χ4v) is 2.15. The van der Waals surface area contributed by atoms with Crippen molar-refractivity contribution in [1.29, 1.82) is 0 Å². The van der Waals surface area contributed by atoms with Gasteiger partial charge in [-0.15, -0.1) is 0 Å². The molecule has 1 aromatic heterocycles. The number of hydrogen-bond donors (Lipinski definition) is 2. The van der Waals surface area contributed by atoms with Gasteiger partial charge in [-0.25, -0.2) is 4.79 Å². The fourth-order valence-electron chi connectivity index (χ4n) is 2.15. The largest absolute Gasteiger partial charge is 0.325 e. The molecule has 0 unspecified atom stereocenters. The molecule has 0 aliphatic rings. The molecule has 2 aromatic rings. The monoisotopic (exact) mass is 244 g/mol. The van der Waals surface area contributed by atoms with Gasteiger partial charge in [-0.3, -0.25) is 9.78 Å². The van der Waals surface area contributed by atoms with Crippen LogP contribution in [-0.2, 0) is 6.42 Å². The van der Waals surface area contributed by atoms with E-state index < -0.39 is 5.69 Å². The predicted octanol–water partition coefficient (Wildman–Crippen LogP) is 1.58. The Morgan fingerprint density at radius 2 is 1.56 bits per heavy atom. The molecule has 0 bridgehead atoms. The lowest BCUT2D eigenvalue weighted by Gasteiger charge is -2.07. The molecule has 4 nitrogen and oxygen atoms in total. The number of aromatic nitrogens is 2. The summed E-state index contributed by atoms with van der Waals surface area (Å²) < 4.78 is 0. The molecule has 4 heteroatoms. The molecular weight excluding hydrogens is 228 g/mol. The number of benzene rings is 1. The molecule has 0 saturated heterocycles. The van der Waals surface area contributed by atoms with E-state index in [1.807, 2.05) is 13.8 Å². The number of nitrogens with one attached hydrogen (secondary N) is 2. The van der Waals surface area contributed by atoms with Crippen LogP contribution in [0.5, 0.6) is 0 Å². The number of H-pyrrole nitrogens is 2. The molecule has 0 amide bonds. The minimum absolute atomic E-state index is 0.321. The van der Waals surface area contributed by atoms with E-state index in [2.05, 4.69) is 28.2 Å². The van der Waals surface area contributed by atoms with Crippen molar-refractivity contribution in [3.05, 3.63) is 67.0 Å². The Kier molecular flexibility index (Phi) is 3.19. The highest BCUT2D eigenvalue weighted by Gasteiger charge is 2.06. The van der Waals surface area contributed by atoms with Gasteiger partial charge in [0, 0.05) is 17.7 Å². The zero-order valence-corrected chi connectivity index (χ0v) is 10.8. The van der Waals surface area contributed by atoms with E-state index in [1.54, 1.807) is 6.92 Å². The average Bonchev–Trinajstić information content (AvgIpc) is 2.23. The van der Waals surface area contributed by atoms with Crippen LogP contribution in [0.3, 0.4) is 0 Å². The topological polar surface area (TPSA) is 65.7 Å². The van der Waals surface area contributed by atoms with E-state index in [1.165, 1.54) is 11.1 Å². The molecule has 0 spiro atoms. The van der Waals surface area contributed by atoms with E-state index in [0.717, 1.165) is 5.56 Å². The molecule has 1 aromatic carbocycles. The number of hydrogen-bond acceptors (Lipinski definition) is 2. The third kappa shape index (κ3) is 2.59. The Hall–Kier alpha value is -2.10. The van der Waals surface area contributed by atoms with Gasteiger partial charge < -0.3 is 4.98 Å². The Morgan fingerprint density at radius 3 is 2.17 bits per heavy atom. The van der Waals surface area contributed by atoms with Crippen LogP contribution in [0.2, 0.25) is 0 Å². The molecule has 94 valence electrons. The van der Waals surface area contributed by atoms with Crippen LogP contribution >= 0.6 is 0 Å². The molecule has 0 fully saturated rings. The third-order valence-electron chi connectivity index (χ3n) is 2.95. The van der Waals surface area contributed by atoms with Crippen molar-refractivity contribution in [2.75, 3.05) is 0 Å². The van der Waals surface area contributed by atoms with Crippen LogP contribution in [0, 0.1) is 20.8 Å². The van der Waals surface area contributed by atoms with Crippen LogP contribution in [0.4, 0.5) is 0 Å². The standard InChI is InChI=1S/C14H16N2O2/c1-8-4-9(2)6-11(5-8)7-12-10(3)13(17)16-14(18)15-12/h4-6H,7H2,1-3H3,(H2,15,16,17,18). The van der Waals surface area contributed by atoms with Gasteiger partial charge in [-0.2, -0.15) is 0 Å². The van der Waals surface area contributed by atoms with Gasteiger partial charge in [0.05, 0.1) is 0 Å². The van der Waals surface area contributed by atoms with E-state index in [0.29, 0.717) is 17.7 Å². The molecule has 0 radical (unpaired) electrons. The SMILES string of the molecule is Cc1cc(C)cc(Cc2[nH]c(=O)[nH]c(=O)c2C)c1. The first-order chi connectivity index (χ1) is 8.45. The van der Waals surface area contributed by atoms with Crippen molar-refractivity contribution in [2.45, 2.75) is 27.2 Å². The first-order valence-corrected chi connectivity index (χ1v) is 5.85. The molecule has 0 aliphatic heterocycles. The second-order valence-corrected chi connectivity index (χ2v) is 4.68.